The van der Waals surface area contributed by atoms with E-state index in [-0.39, 0.29) is 24.4 Å². The molecule has 0 aliphatic carbocycles. The fourth-order valence-electron chi connectivity index (χ4n) is 4.43. The highest BCUT2D eigenvalue weighted by atomic mass is 19.2. The minimum absolute atomic E-state index is 0.0574. The first-order valence-corrected chi connectivity index (χ1v) is 12.2. The van der Waals surface area contributed by atoms with Crippen molar-refractivity contribution in [2.75, 3.05) is 13.2 Å². The Morgan fingerprint density at radius 2 is 1.68 bits per heavy atom. The zero-order valence-corrected chi connectivity index (χ0v) is 19.9. The quantitative estimate of drug-likeness (QED) is 0.313. The maximum Gasteiger partial charge on any atom is 0.200 e. The lowest BCUT2D eigenvalue weighted by atomic mass is 9.90. The Labute approximate surface area is 200 Å². The van der Waals surface area contributed by atoms with E-state index in [1.165, 1.54) is 30.9 Å². The van der Waals surface area contributed by atoms with E-state index in [0.717, 1.165) is 17.5 Å². The van der Waals surface area contributed by atoms with Crippen LogP contribution < -0.4 is 4.74 Å². The third kappa shape index (κ3) is 5.61. The maximum absolute atomic E-state index is 14.6. The largest absolute Gasteiger partial charge is 0.491 e. The third-order valence-electron chi connectivity index (χ3n) is 6.41. The summed E-state index contributed by atoms with van der Waals surface area (Å²) < 4.78 is 39.9. The van der Waals surface area contributed by atoms with Gasteiger partial charge in [0, 0.05) is 23.9 Å². The molecule has 1 saturated heterocycles. The zero-order chi connectivity index (χ0) is 23.9. The van der Waals surface area contributed by atoms with Gasteiger partial charge < -0.3 is 9.47 Å². The molecular weight excluding hydrogens is 434 g/mol. The number of ether oxygens (including phenoxy) is 2. The van der Waals surface area contributed by atoms with Crippen molar-refractivity contribution in [3.05, 3.63) is 77.4 Å². The van der Waals surface area contributed by atoms with Gasteiger partial charge in [-0.15, -0.1) is 0 Å². The predicted octanol–water partition coefficient (Wildman–Crippen LogP) is 7.19. The van der Waals surface area contributed by atoms with Gasteiger partial charge in [-0.2, -0.15) is 4.39 Å². The van der Waals surface area contributed by atoms with Crippen molar-refractivity contribution in [1.82, 2.24) is 9.97 Å². The van der Waals surface area contributed by atoms with Crippen LogP contribution in [-0.4, -0.2) is 23.2 Å². The highest BCUT2D eigenvalue weighted by molar-refractivity contribution is 5.61. The average Bonchev–Trinajstić information content (AvgIpc) is 2.88. The number of unbranched alkanes of at least 4 members (excludes halogenated alkanes) is 2. The summed E-state index contributed by atoms with van der Waals surface area (Å²) in [5.74, 6) is -1.43. The van der Waals surface area contributed by atoms with E-state index in [0.29, 0.717) is 30.8 Å². The monoisotopic (exact) mass is 466 g/mol. The van der Waals surface area contributed by atoms with Crippen LogP contribution in [0.25, 0.3) is 11.1 Å². The summed E-state index contributed by atoms with van der Waals surface area (Å²) in [5, 5.41) is 0. The first-order valence-electron chi connectivity index (χ1n) is 12.2. The van der Waals surface area contributed by atoms with E-state index in [2.05, 4.69) is 41.2 Å². The van der Waals surface area contributed by atoms with Crippen molar-refractivity contribution in [1.29, 1.82) is 0 Å². The van der Waals surface area contributed by atoms with Gasteiger partial charge in [0.25, 0.3) is 0 Å². The van der Waals surface area contributed by atoms with Crippen LogP contribution in [0.2, 0.25) is 0 Å². The topological polar surface area (TPSA) is 44.2 Å². The lowest BCUT2D eigenvalue weighted by Gasteiger charge is -2.29. The molecule has 2 aromatic carbocycles. The molecule has 6 heteroatoms. The molecule has 0 radical (unpaired) electrons. The van der Waals surface area contributed by atoms with Gasteiger partial charge in [-0.05, 0) is 55.4 Å². The Kier molecular flexibility index (Phi) is 8.22. The second-order valence-corrected chi connectivity index (χ2v) is 8.79. The van der Waals surface area contributed by atoms with Crippen molar-refractivity contribution in [2.24, 2.45) is 0 Å². The lowest BCUT2D eigenvalue weighted by molar-refractivity contribution is -0.00353. The van der Waals surface area contributed by atoms with Crippen LogP contribution in [0.15, 0.2) is 48.8 Å². The van der Waals surface area contributed by atoms with Crippen molar-refractivity contribution < 1.29 is 18.3 Å². The first-order chi connectivity index (χ1) is 16.6. The third-order valence-corrected chi connectivity index (χ3v) is 6.41. The highest BCUT2D eigenvalue weighted by Crippen LogP contribution is 2.37. The molecule has 1 fully saturated rings. The van der Waals surface area contributed by atoms with E-state index in [9.17, 15) is 8.78 Å². The molecule has 3 aromatic rings. The van der Waals surface area contributed by atoms with Crippen LogP contribution in [0.1, 0.15) is 74.9 Å². The number of hydrogen-bond donors (Lipinski definition) is 0. The number of benzene rings is 2. The summed E-state index contributed by atoms with van der Waals surface area (Å²) in [6, 6.07) is 11.7. The number of hydrogen-bond acceptors (Lipinski definition) is 4. The molecule has 1 aromatic heterocycles. The Hall–Kier alpha value is -2.86. The summed E-state index contributed by atoms with van der Waals surface area (Å²) in [6.45, 7) is 4.53. The molecule has 2 unspecified atom stereocenters. The molecule has 0 saturated carbocycles. The van der Waals surface area contributed by atoms with Crippen LogP contribution in [0.3, 0.4) is 0 Å². The van der Waals surface area contributed by atoms with Crippen LogP contribution in [0.5, 0.6) is 5.75 Å². The normalized spacial score (nSPS) is 18.1. The maximum atomic E-state index is 14.6. The Morgan fingerprint density at radius 3 is 2.32 bits per heavy atom. The van der Waals surface area contributed by atoms with Gasteiger partial charge in [-0.3, -0.25) is 0 Å². The molecular formula is C28H32F2N2O2. The first kappa shape index (κ1) is 24.3. The molecule has 1 aliphatic heterocycles. The number of aryl methyl sites for hydroxylation is 1. The SMILES string of the molecule is CCCCCc1ccc(-c2cnc(C3CCC(c4ccc(OCC)c(F)c4F)CO3)nc2)cc1. The fraction of sp³-hybridized carbons (Fsp3) is 0.429. The average molecular weight is 467 g/mol. The molecule has 4 rings (SSSR count). The molecule has 180 valence electrons. The van der Waals surface area contributed by atoms with Gasteiger partial charge in [-0.25, -0.2) is 14.4 Å². The minimum Gasteiger partial charge on any atom is -0.491 e. The van der Waals surface area contributed by atoms with Crippen molar-refractivity contribution in [3.8, 4) is 16.9 Å². The fourth-order valence-corrected chi connectivity index (χ4v) is 4.43. The van der Waals surface area contributed by atoms with E-state index < -0.39 is 11.6 Å². The minimum atomic E-state index is -0.936. The van der Waals surface area contributed by atoms with Crippen LogP contribution in [0, 0.1) is 11.6 Å². The molecule has 0 N–H and O–H groups in total. The van der Waals surface area contributed by atoms with E-state index in [1.807, 2.05) is 12.4 Å². The van der Waals surface area contributed by atoms with Gasteiger partial charge in [0.1, 0.15) is 6.10 Å². The molecule has 34 heavy (non-hydrogen) atoms. The molecule has 0 bridgehead atoms. The van der Waals surface area contributed by atoms with Gasteiger partial charge >= 0.3 is 0 Å². The summed E-state index contributed by atoms with van der Waals surface area (Å²) >= 11 is 0. The summed E-state index contributed by atoms with van der Waals surface area (Å²) in [6.07, 6.45) is 9.52. The second kappa shape index (κ2) is 11.5. The summed E-state index contributed by atoms with van der Waals surface area (Å²) in [7, 11) is 0. The Bertz CT molecular complexity index is 1060. The zero-order valence-electron chi connectivity index (χ0n) is 19.9. The molecule has 0 spiro atoms. The summed E-state index contributed by atoms with van der Waals surface area (Å²) in [4.78, 5) is 9.07. The van der Waals surface area contributed by atoms with Crippen LogP contribution >= 0.6 is 0 Å². The second-order valence-electron chi connectivity index (χ2n) is 8.79. The molecule has 1 aliphatic rings. The van der Waals surface area contributed by atoms with Crippen LogP contribution in [0.4, 0.5) is 8.78 Å². The Morgan fingerprint density at radius 1 is 0.912 bits per heavy atom. The number of aromatic nitrogens is 2. The standard InChI is InChI=1S/C28H32F2N2O2/c1-3-5-6-7-19-8-10-20(11-9-19)22-16-31-28(32-17-22)25-14-12-21(18-34-25)23-13-15-24(33-4-2)27(30)26(23)29/h8-11,13,15-17,21,25H,3-7,12,14,18H2,1-2H3. The lowest BCUT2D eigenvalue weighted by Crippen LogP contribution is -2.22. The number of rotatable bonds is 9. The van der Waals surface area contributed by atoms with Crippen molar-refractivity contribution in [2.45, 2.75) is 64.4 Å². The van der Waals surface area contributed by atoms with E-state index in [4.69, 9.17) is 9.47 Å². The smallest absolute Gasteiger partial charge is 0.200 e. The van der Waals surface area contributed by atoms with Crippen LogP contribution in [-0.2, 0) is 11.2 Å². The molecule has 4 nitrogen and oxygen atoms in total. The number of halogens is 2. The van der Waals surface area contributed by atoms with Gasteiger partial charge in [0.05, 0.1) is 13.2 Å². The summed E-state index contributed by atoms with van der Waals surface area (Å²) in [5.41, 5.74) is 3.73. The molecule has 2 heterocycles. The molecule has 0 amide bonds. The predicted molar refractivity (Wildman–Crippen MR) is 129 cm³/mol. The van der Waals surface area contributed by atoms with Gasteiger partial charge in [-0.1, -0.05) is 50.1 Å². The van der Waals surface area contributed by atoms with E-state index >= 15 is 0 Å². The van der Waals surface area contributed by atoms with Crippen molar-refractivity contribution in [3.63, 3.8) is 0 Å². The highest BCUT2D eigenvalue weighted by Gasteiger charge is 2.29. The van der Waals surface area contributed by atoms with Crippen molar-refractivity contribution >= 4 is 0 Å². The van der Waals surface area contributed by atoms with E-state index in [1.54, 1.807) is 13.0 Å². The van der Waals surface area contributed by atoms with Gasteiger partial charge in [0.15, 0.2) is 17.4 Å². The van der Waals surface area contributed by atoms with Gasteiger partial charge in [0.2, 0.25) is 5.82 Å². The molecule has 2 atom stereocenters. The Balaban J connectivity index is 1.36. The number of nitrogens with zero attached hydrogens (tertiary/aromatic N) is 2.